The Kier molecular flexibility index (Phi) is 3.92. The number of benzene rings is 1. The molecule has 1 aromatic heterocycles. The topological polar surface area (TPSA) is 50.9 Å². The fraction of sp³-hybridized carbons (Fsp3) is 0.154. The van der Waals surface area contributed by atoms with Crippen molar-refractivity contribution in [3.05, 3.63) is 44.5 Å². The Morgan fingerprint density at radius 2 is 1.89 bits per heavy atom. The van der Waals surface area contributed by atoms with Crippen molar-refractivity contribution >= 4 is 49.1 Å². The number of aromatic nitrogens is 1. The van der Waals surface area contributed by atoms with Gasteiger partial charge >= 0.3 is 0 Å². The number of nitrogen functional groups attached to an aromatic ring is 1. The lowest BCUT2D eigenvalue weighted by molar-refractivity contribution is 1.25. The van der Waals surface area contributed by atoms with Gasteiger partial charge < -0.3 is 11.1 Å². The quantitative estimate of drug-likeness (QED) is 0.815. The predicted octanol–water partition coefficient (Wildman–Crippen LogP) is 4.55. The molecule has 94 valence electrons. The van der Waals surface area contributed by atoms with E-state index in [4.69, 9.17) is 5.73 Å². The minimum atomic E-state index is 0.679. The van der Waals surface area contributed by atoms with Crippen LogP contribution >= 0.6 is 31.9 Å². The van der Waals surface area contributed by atoms with E-state index >= 15 is 0 Å². The predicted molar refractivity (Wildman–Crippen MR) is 83.2 cm³/mol. The maximum atomic E-state index is 5.81. The molecule has 2 rings (SSSR count). The van der Waals surface area contributed by atoms with E-state index in [0.717, 1.165) is 31.6 Å². The Morgan fingerprint density at radius 1 is 1.17 bits per heavy atom. The highest BCUT2D eigenvalue weighted by Crippen LogP contribution is 2.32. The molecular weight excluding hydrogens is 358 g/mol. The number of pyridine rings is 1. The van der Waals surface area contributed by atoms with E-state index in [0.29, 0.717) is 5.69 Å². The van der Waals surface area contributed by atoms with Crippen LogP contribution in [0.3, 0.4) is 0 Å². The van der Waals surface area contributed by atoms with Crippen LogP contribution in [0, 0.1) is 13.8 Å². The summed E-state index contributed by atoms with van der Waals surface area (Å²) in [4.78, 5) is 4.31. The highest BCUT2D eigenvalue weighted by atomic mass is 79.9. The molecule has 0 aliphatic carbocycles. The number of hydrogen-bond donors (Lipinski definition) is 2. The van der Waals surface area contributed by atoms with Crippen LogP contribution in [0.2, 0.25) is 0 Å². The zero-order chi connectivity index (χ0) is 13.3. The Morgan fingerprint density at radius 3 is 2.61 bits per heavy atom. The van der Waals surface area contributed by atoms with Gasteiger partial charge in [-0.2, -0.15) is 0 Å². The van der Waals surface area contributed by atoms with Crippen LogP contribution in [-0.2, 0) is 0 Å². The van der Waals surface area contributed by atoms with Gasteiger partial charge in [0.05, 0.1) is 16.4 Å². The lowest BCUT2D eigenvalue weighted by Gasteiger charge is -2.13. The molecule has 3 nitrogen and oxygen atoms in total. The van der Waals surface area contributed by atoms with Gasteiger partial charge in [0.25, 0.3) is 0 Å². The normalized spacial score (nSPS) is 10.4. The number of hydrogen-bond acceptors (Lipinski definition) is 3. The van der Waals surface area contributed by atoms with Crippen molar-refractivity contribution in [1.29, 1.82) is 0 Å². The van der Waals surface area contributed by atoms with E-state index in [2.05, 4.69) is 42.2 Å². The fourth-order valence-electron chi connectivity index (χ4n) is 1.55. The van der Waals surface area contributed by atoms with Crippen LogP contribution in [0.5, 0.6) is 0 Å². The molecule has 0 spiro atoms. The van der Waals surface area contributed by atoms with Gasteiger partial charge in [0, 0.05) is 10.2 Å². The van der Waals surface area contributed by atoms with E-state index in [1.807, 2.05) is 32.0 Å². The molecule has 3 N–H and O–H groups in total. The third kappa shape index (κ3) is 2.52. The van der Waals surface area contributed by atoms with Crippen LogP contribution in [0.4, 0.5) is 17.2 Å². The first kappa shape index (κ1) is 13.4. The third-order valence-electron chi connectivity index (χ3n) is 2.82. The Bertz CT molecular complexity index is 597. The molecule has 0 aliphatic rings. The van der Waals surface area contributed by atoms with E-state index in [1.54, 1.807) is 6.20 Å². The Hall–Kier alpha value is -1.07. The average molecular weight is 371 g/mol. The SMILES string of the molecule is Cc1c(Br)cccc1Nc1ncc(N)c(C)c1Br. The molecule has 5 heteroatoms. The summed E-state index contributed by atoms with van der Waals surface area (Å²) >= 11 is 7.03. The number of nitrogens with zero attached hydrogens (tertiary/aromatic N) is 1. The summed E-state index contributed by atoms with van der Waals surface area (Å²) < 4.78 is 1.96. The van der Waals surface area contributed by atoms with E-state index in [1.165, 1.54) is 0 Å². The Labute approximate surface area is 123 Å². The molecule has 0 saturated heterocycles. The highest BCUT2D eigenvalue weighted by Gasteiger charge is 2.09. The van der Waals surface area contributed by atoms with Crippen molar-refractivity contribution in [3.63, 3.8) is 0 Å². The van der Waals surface area contributed by atoms with Crippen molar-refractivity contribution in [3.8, 4) is 0 Å². The molecule has 0 fully saturated rings. The summed E-state index contributed by atoms with van der Waals surface area (Å²) in [6.45, 7) is 4.00. The first-order valence-corrected chi connectivity index (χ1v) is 7.02. The average Bonchev–Trinajstić information content (AvgIpc) is 2.35. The monoisotopic (exact) mass is 369 g/mol. The molecule has 0 saturated carbocycles. The molecule has 1 aromatic carbocycles. The lowest BCUT2D eigenvalue weighted by atomic mass is 10.2. The second kappa shape index (κ2) is 5.28. The van der Waals surface area contributed by atoms with Crippen LogP contribution in [0.15, 0.2) is 33.3 Å². The molecular formula is C13H13Br2N3. The largest absolute Gasteiger partial charge is 0.397 e. The van der Waals surface area contributed by atoms with Gasteiger partial charge in [-0.3, -0.25) is 0 Å². The molecule has 0 bridgehead atoms. The van der Waals surface area contributed by atoms with Gasteiger partial charge in [-0.1, -0.05) is 22.0 Å². The first-order valence-electron chi connectivity index (χ1n) is 5.43. The highest BCUT2D eigenvalue weighted by molar-refractivity contribution is 9.11. The second-order valence-corrected chi connectivity index (χ2v) is 5.69. The minimum Gasteiger partial charge on any atom is -0.397 e. The van der Waals surface area contributed by atoms with Crippen molar-refractivity contribution in [2.75, 3.05) is 11.1 Å². The number of anilines is 3. The third-order valence-corrected chi connectivity index (χ3v) is 4.65. The summed E-state index contributed by atoms with van der Waals surface area (Å²) in [6.07, 6.45) is 1.66. The van der Waals surface area contributed by atoms with Crippen LogP contribution in [0.25, 0.3) is 0 Å². The Balaban J connectivity index is 2.41. The first-order chi connectivity index (χ1) is 8.50. The molecule has 0 aliphatic heterocycles. The van der Waals surface area contributed by atoms with E-state index in [-0.39, 0.29) is 0 Å². The second-order valence-electron chi connectivity index (χ2n) is 4.04. The maximum Gasteiger partial charge on any atom is 0.145 e. The summed E-state index contributed by atoms with van der Waals surface area (Å²) in [5, 5.41) is 3.31. The van der Waals surface area contributed by atoms with E-state index < -0.39 is 0 Å². The van der Waals surface area contributed by atoms with Gasteiger partial charge in [0.15, 0.2) is 0 Å². The maximum absolute atomic E-state index is 5.81. The van der Waals surface area contributed by atoms with Gasteiger partial charge in [-0.05, 0) is 53.0 Å². The zero-order valence-electron chi connectivity index (χ0n) is 10.1. The summed E-state index contributed by atoms with van der Waals surface area (Å²) in [5.74, 6) is 0.767. The van der Waals surface area contributed by atoms with Crippen molar-refractivity contribution in [2.45, 2.75) is 13.8 Å². The molecule has 0 radical (unpaired) electrons. The minimum absolute atomic E-state index is 0.679. The van der Waals surface area contributed by atoms with Gasteiger partial charge in [0.2, 0.25) is 0 Å². The van der Waals surface area contributed by atoms with Crippen LogP contribution in [0.1, 0.15) is 11.1 Å². The molecule has 0 unspecified atom stereocenters. The smallest absolute Gasteiger partial charge is 0.145 e. The number of nitrogens with two attached hydrogens (primary N) is 1. The molecule has 18 heavy (non-hydrogen) atoms. The summed E-state index contributed by atoms with van der Waals surface area (Å²) in [6, 6.07) is 6.01. The van der Waals surface area contributed by atoms with Crippen LogP contribution < -0.4 is 11.1 Å². The fourth-order valence-corrected chi connectivity index (χ4v) is 2.35. The summed E-state index contributed by atoms with van der Waals surface area (Å²) in [7, 11) is 0. The van der Waals surface area contributed by atoms with Gasteiger partial charge in [-0.15, -0.1) is 0 Å². The number of rotatable bonds is 2. The molecule has 0 amide bonds. The van der Waals surface area contributed by atoms with Gasteiger partial charge in [-0.25, -0.2) is 4.98 Å². The van der Waals surface area contributed by atoms with Crippen molar-refractivity contribution < 1.29 is 0 Å². The number of halogens is 2. The lowest BCUT2D eigenvalue weighted by Crippen LogP contribution is -2.00. The number of nitrogens with one attached hydrogen (secondary N) is 1. The van der Waals surface area contributed by atoms with Gasteiger partial charge in [0.1, 0.15) is 5.82 Å². The standard InChI is InChI=1S/C13H13Br2N3/c1-7-9(14)4-3-5-11(7)18-13-12(15)8(2)10(16)6-17-13/h3-6H,16H2,1-2H3,(H,17,18). The van der Waals surface area contributed by atoms with Crippen LogP contribution in [-0.4, -0.2) is 4.98 Å². The summed E-state index contributed by atoms with van der Waals surface area (Å²) in [5.41, 5.74) is 9.63. The molecule has 2 aromatic rings. The zero-order valence-corrected chi connectivity index (χ0v) is 13.3. The van der Waals surface area contributed by atoms with E-state index in [9.17, 15) is 0 Å². The molecule has 0 atom stereocenters. The molecule has 1 heterocycles. The van der Waals surface area contributed by atoms with Crippen molar-refractivity contribution in [2.24, 2.45) is 0 Å². The van der Waals surface area contributed by atoms with Crippen molar-refractivity contribution in [1.82, 2.24) is 4.98 Å².